The molecular formula is C24H19N3O2S. The van der Waals surface area contributed by atoms with Crippen molar-refractivity contribution in [3.63, 3.8) is 0 Å². The maximum Gasteiger partial charge on any atom is 0.323 e. The van der Waals surface area contributed by atoms with Gasteiger partial charge in [0.05, 0.1) is 5.69 Å². The van der Waals surface area contributed by atoms with Gasteiger partial charge in [-0.2, -0.15) is 11.3 Å². The second-order valence-electron chi connectivity index (χ2n) is 6.54. The smallest absolute Gasteiger partial charge is 0.322 e. The summed E-state index contributed by atoms with van der Waals surface area (Å²) in [4.78, 5) is 25.3. The molecule has 1 aromatic heterocycles. The van der Waals surface area contributed by atoms with E-state index in [0.29, 0.717) is 22.6 Å². The maximum absolute atomic E-state index is 12.7. The minimum atomic E-state index is -0.377. The van der Waals surface area contributed by atoms with Crippen LogP contribution < -0.4 is 16.0 Å². The number of anilines is 3. The normalized spacial score (nSPS) is 10.3. The fourth-order valence-corrected chi connectivity index (χ4v) is 3.65. The number of rotatable bonds is 5. The van der Waals surface area contributed by atoms with Gasteiger partial charge in [-0.25, -0.2) is 4.79 Å². The molecule has 4 aromatic rings. The van der Waals surface area contributed by atoms with Gasteiger partial charge in [0.2, 0.25) is 0 Å². The molecule has 3 aromatic carbocycles. The molecule has 0 aliphatic rings. The van der Waals surface area contributed by atoms with Crippen molar-refractivity contribution in [2.75, 3.05) is 16.0 Å². The Balaban J connectivity index is 1.59. The Bertz CT molecular complexity index is 1140. The van der Waals surface area contributed by atoms with Gasteiger partial charge in [0.15, 0.2) is 0 Å². The summed E-state index contributed by atoms with van der Waals surface area (Å²) in [6, 6.07) is 25.3. The van der Waals surface area contributed by atoms with Gasteiger partial charge >= 0.3 is 6.03 Å². The van der Waals surface area contributed by atoms with Crippen molar-refractivity contribution >= 4 is 40.3 Å². The number of carbonyl (C=O) groups is 2. The van der Waals surface area contributed by atoms with Crippen LogP contribution in [0.4, 0.5) is 21.9 Å². The van der Waals surface area contributed by atoms with Crippen molar-refractivity contribution in [2.24, 2.45) is 0 Å². The molecule has 30 heavy (non-hydrogen) atoms. The highest BCUT2D eigenvalue weighted by Crippen LogP contribution is 2.31. The molecule has 3 N–H and O–H groups in total. The molecule has 148 valence electrons. The molecular weight excluding hydrogens is 394 g/mol. The van der Waals surface area contributed by atoms with Gasteiger partial charge in [-0.3, -0.25) is 4.79 Å². The minimum Gasteiger partial charge on any atom is -0.322 e. The topological polar surface area (TPSA) is 70.2 Å². The summed E-state index contributed by atoms with van der Waals surface area (Å²) in [6.45, 7) is 0. The lowest BCUT2D eigenvalue weighted by atomic mass is 10.0. The van der Waals surface area contributed by atoms with Crippen molar-refractivity contribution in [1.82, 2.24) is 0 Å². The Morgan fingerprint density at radius 1 is 0.700 bits per heavy atom. The molecule has 4 rings (SSSR count). The average molecular weight is 414 g/mol. The van der Waals surface area contributed by atoms with Gasteiger partial charge in [0, 0.05) is 22.5 Å². The number of carbonyl (C=O) groups excluding carboxylic acids is 2. The van der Waals surface area contributed by atoms with Crippen LogP contribution in [0.2, 0.25) is 0 Å². The monoisotopic (exact) mass is 413 g/mol. The predicted octanol–water partition coefficient (Wildman–Crippen LogP) is 6.31. The third-order valence-electron chi connectivity index (χ3n) is 4.43. The van der Waals surface area contributed by atoms with Gasteiger partial charge in [-0.05, 0) is 58.8 Å². The summed E-state index contributed by atoms with van der Waals surface area (Å²) in [5.74, 6) is -0.246. The molecule has 5 nitrogen and oxygen atoms in total. The van der Waals surface area contributed by atoms with E-state index < -0.39 is 0 Å². The predicted molar refractivity (Wildman–Crippen MR) is 123 cm³/mol. The molecule has 0 spiro atoms. The second kappa shape index (κ2) is 9.07. The first-order valence-corrected chi connectivity index (χ1v) is 10.3. The molecule has 0 unspecified atom stereocenters. The lowest BCUT2D eigenvalue weighted by molar-refractivity contribution is 0.102. The molecule has 1 heterocycles. The average Bonchev–Trinajstić information content (AvgIpc) is 3.30. The standard InChI is InChI=1S/C24H19N3O2S/c28-23(25-19-7-3-1-4-8-19)17-11-12-21(18-13-14-30-16-18)22(15-17)27-24(29)26-20-9-5-2-6-10-20/h1-16H,(H,25,28)(H2,26,27,29). The highest BCUT2D eigenvalue weighted by Gasteiger charge is 2.14. The number of para-hydroxylation sites is 2. The van der Waals surface area contributed by atoms with E-state index in [2.05, 4.69) is 16.0 Å². The number of benzene rings is 3. The molecule has 0 radical (unpaired) electrons. The van der Waals surface area contributed by atoms with Crippen LogP contribution in [-0.4, -0.2) is 11.9 Å². The molecule has 3 amide bonds. The molecule has 0 bridgehead atoms. The summed E-state index contributed by atoms with van der Waals surface area (Å²) in [5, 5.41) is 12.5. The van der Waals surface area contributed by atoms with Crippen molar-refractivity contribution in [3.05, 3.63) is 101 Å². The summed E-state index contributed by atoms with van der Waals surface area (Å²) in [5.41, 5.74) is 4.22. The van der Waals surface area contributed by atoms with E-state index >= 15 is 0 Å². The van der Waals surface area contributed by atoms with Crippen LogP contribution in [0.1, 0.15) is 10.4 Å². The first kappa shape index (κ1) is 19.4. The minimum absolute atomic E-state index is 0.246. The molecule has 6 heteroatoms. The Kier molecular flexibility index (Phi) is 5.87. The maximum atomic E-state index is 12.7. The zero-order valence-electron chi connectivity index (χ0n) is 16.0. The quantitative estimate of drug-likeness (QED) is 0.359. The van der Waals surface area contributed by atoms with E-state index in [1.165, 1.54) is 0 Å². The Hall–Kier alpha value is -3.90. The Morgan fingerprint density at radius 3 is 2.00 bits per heavy atom. The van der Waals surface area contributed by atoms with Crippen molar-refractivity contribution in [1.29, 1.82) is 0 Å². The summed E-state index contributed by atoms with van der Waals surface area (Å²) in [7, 11) is 0. The highest BCUT2D eigenvalue weighted by atomic mass is 32.1. The molecule has 0 atom stereocenters. The Morgan fingerprint density at radius 2 is 1.37 bits per heavy atom. The van der Waals surface area contributed by atoms with E-state index in [9.17, 15) is 9.59 Å². The fraction of sp³-hybridized carbons (Fsp3) is 0. The number of hydrogen-bond acceptors (Lipinski definition) is 3. The van der Waals surface area contributed by atoms with Crippen LogP contribution in [0.15, 0.2) is 95.7 Å². The van der Waals surface area contributed by atoms with E-state index in [-0.39, 0.29) is 11.9 Å². The SMILES string of the molecule is O=C(Nc1ccccc1)Nc1cc(C(=O)Nc2ccccc2)ccc1-c1ccsc1. The van der Waals surface area contributed by atoms with Gasteiger partial charge in [-0.15, -0.1) is 0 Å². The molecule has 0 aliphatic carbocycles. The molecule has 0 saturated heterocycles. The van der Waals surface area contributed by atoms with E-state index in [0.717, 1.165) is 11.1 Å². The number of urea groups is 1. The van der Waals surface area contributed by atoms with Gasteiger partial charge in [0.1, 0.15) is 0 Å². The van der Waals surface area contributed by atoms with Crippen LogP contribution in [0.3, 0.4) is 0 Å². The number of amides is 3. The third kappa shape index (κ3) is 4.74. The second-order valence-corrected chi connectivity index (χ2v) is 7.32. The largest absolute Gasteiger partial charge is 0.323 e. The summed E-state index contributed by atoms with van der Waals surface area (Å²) >= 11 is 1.57. The van der Waals surface area contributed by atoms with Gasteiger partial charge in [-0.1, -0.05) is 42.5 Å². The van der Waals surface area contributed by atoms with Crippen LogP contribution >= 0.6 is 11.3 Å². The summed E-state index contributed by atoms with van der Waals surface area (Å²) < 4.78 is 0. The zero-order valence-corrected chi connectivity index (χ0v) is 16.8. The van der Waals surface area contributed by atoms with Gasteiger partial charge < -0.3 is 16.0 Å². The van der Waals surface area contributed by atoms with E-state index in [1.807, 2.05) is 83.6 Å². The number of thiophene rings is 1. The van der Waals surface area contributed by atoms with E-state index in [1.54, 1.807) is 23.5 Å². The van der Waals surface area contributed by atoms with Crippen LogP contribution in [0.5, 0.6) is 0 Å². The lowest BCUT2D eigenvalue weighted by Gasteiger charge is -2.14. The third-order valence-corrected chi connectivity index (χ3v) is 5.11. The number of nitrogens with one attached hydrogen (secondary N) is 3. The zero-order chi connectivity index (χ0) is 20.8. The van der Waals surface area contributed by atoms with E-state index in [4.69, 9.17) is 0 Å². The first-order valence-electron chi connectivity index (χ1n) is 9.35. The van der Waals surface area contributed by atoms with Crippen molar-refractivity contribution in [3.8, 4) is 11.1 Å². The number of hydrogen-bond donors (Lipinski definition) is 3. The Labute approximate surface area is 178 Å². The molecule has 0 aliphatic heterocycles. The molecule has 0 saturated carbocycles. The molecule has 0 fully saturated rings. The first-order chi connectivity index (χ1) is 14.7. The van der Waals surface area contributed by atoms with Crippen LogP contribution in [-0.2, 0) is 0 Å². The van der Waals surface area contributed by atoms with Crippen LogP contribution in [0.25, 0.3) is 11.1 Å². The van der Waals surface area contributed by atoms with Crippen molar-refractivity contribution < 1.29 is 9.59 Å². The van der Waals surface area contributed by atoms with Gasteiger partial charge in [0.25, 0.3) is 5.91 Å². The fourth-order valence-electron chi connectivity index (χ4n) is 2.99. The summed E-state index contributed by atoms with van der Waals surface area (Å²) in [6.07, 6.45) is 0. The van der Waals surface area contributed by atoms with Crippen LogP contribution in [0, 0.1) is 0 Å². The van der Waals surface area contributed by atoms with Crippen molar-refractivity contribution in [2.45, 2.75) is 0 Å². The highest BCUT2D eigenvalue weighted by molar-refractivity contribution is 7.08. The lowest BCUT2D eigenvalue weighted by Crippen LogP contribution is -2.20.